The molecule has 8 heteroatoms. The lowest BCUT2D eigenvalue weighted by atomic mass is 10.2. The van der Waals surface area contributed by atoms with Crippen LogP contribution in [0, 0.1) is 12.7 Å². The first kappa shape index (κ1) is 13.0. The fourth-order valence-electron chi connectivity index (χ4n) is 1.43. The summed E-state index contributed by atoms with van der Waals surface area (Å²) in [6.07, 6.45) is 2.25. The van der Waals surface area contributed by atoms with Gasteiger partial charge in [0.05, 0.1) is 16.9 Å². The van der Waals surface area contributed by atoms with Crippen molar-refractivity contribution < 1.29 is 12.8 Å². The van der Waals surface area contributed by atoms with Crippen molar-refractivity contribution >= 4 is 21.4 Å². The molecule has 0 N–H and O–H groups in total. The molecular weight excluding hydrogens is 281 g/mol. The Morgan fingerprint density at radius 2 is 2.06 bits per heavy atom. The van der Waals surface area contributed by atoms with Crippen molar-refractivity contribution in [2.75, 3.05) is 6.26 Å². The maximum Gasteiger partial charge on any atom is 0.197 e. The lowest BCUT2D eigenvalue weighted by Gasteiger charge is -2.06. The highest BCUT2D eigenvalue weighted by atomic mass is 35.5. The number of aromatic nitrogens is 3. The zero-order valence-corrected chi connectivity index (χ0v) is 11.1. The summed E-state index contributed by atoms with van der Waals surface area (Å²) in [5, 5.41) is 7.02. The first-order valence-electron chi connectivity index (χ1n) is 4.88. The standard InChI is InChI=1S/C10H9ClFN3O2S/c1-6-8(4-3-7(11)10(6)12)15-5-9(13-14-15)18(2,16)17/h3-5H,1-2H3. The molecule has 1 heterocycles. The second kappa shape index (κ2) is 4.33. The zero-order chi connectivity index (χ0) is 13.5. The quantitative estimate of drug-likeness (QED) is 0.845. The molecule has 0 unspecified atom stereocenters. The lowest BCUT2D eigenvalue weighted by molar-refractivity contribution is 0.597. The van der Waals surface area contributed by atoms with Crippen molar-refractivity contribution in [3.63, 3.8) is 0 Å². The molecule has 0 saturated heterocycles. The van der Waals surface area contributed by atoms with Crippen molar-refractivity contribution in [1.82, 2.24) is 15.0 Å². The number of halogens is 2. The fraction of sp³-hybridized carbons (Fsp3) is 0.200. The molecule has 1 aromatic heterocycles. The molecule has 0 bridgehead atoms. The molecule has 0 spiro atoms. The molecule has 2 aromatic rings. The van der Waals surface area contributed by atoms with Crippen LogP contribution in [0.5, 0.6) is 0 Å². The van der Waals surface area contributed by atoms with Gasteiger partial charge in [-0.05, 0) is 19.1 Å². The Hall–Kier alpha value is -1.47. The van der Waals surface area contributed by atoms with E-state index in [9.17, 15) is 12.8 Å². The highest BCUT2D eigenvalue weighted by molar-refractivity contribution is 7.90. The summed E-state index contributed by atoms with van der Waals surface area (Å²) in [4.78, 5) is 0. The molecule has 0 amide bonds. The van der Waals surface area contributed by atoms with Gasteiger partial charge < -0.3 is 0 Å². The van der Waals surface area contributed by atoms with E-state index in [0.29, 0.717) is 5.69 Å². The molecule has 0 aliphatic carbocycles. The van der Waals surface area contributed by atoms with E-state index in [-0.39, 0.29) is 15.6 Å². The molecule has 0 radical (unpaired) electrons. The van der Waals surface area contributed by atoms with E-state index < -0.39 is 15.7 Å². The summed E-state index contributed by atoms with van der Waals surface area (Å²) in [7, 11) is -3.44. The van der Waals surface area contributed by atoms with Crippen LogP contribution in [-0.2, 0) is 9.84 Å². The van der Waals surface area contributed by atoms with Crippen LogP contribution in [0.25, 0.3) is 5.69 Å². The Kier molecular flexibility index (Phi) is 3.12. The maximum absolute atomic E-state index is 13.6. The third-order valence-corrected chi connectivity index (χ3v) is 3.65. The van der Waals surface area contributed by atoms with Gasteiger partial charge in [-0.3, -0.25) is 0 Å². The van der Waals surface area contributed by atoms with Gasteiger partial charge in [-0.1, -0.05) is 16.8 Å². The summed E-state index contributed by atoms with van der Waals surface area (Å²) in [6.45, 7) is 1.53. The van der Waals surface area contributed by atoms with E-state index in [4.69, 9.17) is 11.6 Å². The minimum absolute atomic E-state index is 0.000276. The second-order valence-electron chi connectivity index (χ2n) is 3.78. The average Bonchev–Trinajstić information content (AvgIpc) is 2.75. The van der Waals surface area contributed by atoms with Crippen LogP contribution in [0.15, 0.2) is 23.4 Å². The fourth-order valence-corrected chi connectivity index (χ4v) is 2.11. The van der Waals surface area contributed by atoms with Crippen LogP contribution in [-0.4, -0.2) is 29.7 Å². The number of benzene rings is 1. The summed E-state index contributed by atoms with van der Waals surface area (Å²) in [6, 6.07) is 2.92. The van der Waals surface area contributed by atoms with E-state index >= 15 is 0 Å². The molecule has 5 nitrogen and oxygen atoms in total. The van der Waals surface area contributed by atoms with Gasteiger partial charge in [0.2, 0.25) is 0 Å². The average molecular weight is 290 g/mol. The summed E-state index contributed by atoms with van der Waals surface area (Å²) >= 11 is 5.64. The highest BCUT2D eigenvalue weighted by Gasteiger charge is 2.15. The number of sulfone groups is 1. The van der Waals surface area contributed by atoms with E-state index in [1.807, 2.05) is 0 Å². The minimum Gasteiger partial charge on any atom is -0.222 e. The van der Waals surface area contributed by atoms with Crippen molar-refractivity contribution in [2.45, 2.75) is 11.9 Å². The van der Waals surface area contributed by atoms with E-state index in [0.717, 1.165) is 6.26 Å². The Balaban J connectivity index is 2.57. The van der Waals surface area contributed by atoms with Gasteiger partial charge in [0.25, 0.3) is 0 Å². The predicted octanol–water partition coefficient (Wildman–Crippen LogP) is 1.77. The molecule has 0 saturated carbocycles. The highest BCUT2D eigenvalue weighted by Crippen LogP contribution is 2.23. The largest absolute Gasteiger partial charge is 0.222 e. The van der Waals surface area contributed by atoms with Gasteiger partial charge in [0.15, 0.2) is 14.9 Å². The van der Waals surface area contributed by atoms with Crippen molar-refractivity contribution in [3.8, 4) is 5.69 Å². The van der Waals surface area contributed by atoms with Crippen LogP contribution >= 0.6 is 11.6 Å². The topological polar surface area (TPSA) is 64.8 Å². The normalized spacial score (nSPS) is 11.8. The van der Waals surface area contributed by atoms with E-state index in [2.05, 4.69) is 10.3 Å². The van der Waals surface area contributed by atoms with Crippen LogP contribution in [0.3, 0.4) is 0 Å². The van der Waals surface area contributed by atoms with Crippen molar-refractivity contribution in [1.29, 1.82) is 0 Å². The summed E-state index contributed by atoms with van der Waals surface area (Å²) in [5.41, 5.74) is 0.659. The second-order valence-corrected chi connectivity index (χ2v) is 6.15. The molecular formula is C10H9ClFN3O2S. The van der Waals surface area contributed by atoms with E-state index in [1.54, 1.807) is 6.07 Å². The van der Waals surface area contributed by atoms with Gasteiger partial charge in [-0.2, -0.15) is 0 Å². The summed E-state index contributed by atoms with van der Waals surface area (Å²) in [5.74, 6) is -0.564. The number of rotatable bonds is 2. The summed E-state index contributed by atoms with van der Waals surface area (Å²) < 4.78 is 37.4. The van der Waals surface area contributed by atoms with Gasteiger partial charge in [-0.15, -0.1) is 5.10 Å². The van der Waals surface area contributed by atoms with Gasteiger partial charge >= 0.3 is 0 Å². The lowest BCUT2D eigenvalue weighted by Crippen LogP contribution is -2.00. The molecule has 0 aliphatic heterocycles. The van der Waals surface area contributed by atoms with Crippen molar-refractivity contribution in [3.05, 3.63) is 34.7 Å². The SMILES string of the molecule is Cc1c(-n2cc(S(C)(=O)=O)nn2)ccc(Cl)c1F. The Morgan fingerprint density at radius 3 is 2.61 bits per heavy atom. The number of hydrogen-bond donors (Lipinski definition) is 0. The van der Waals surface area contributed by atoms with Gasteiger partial charge in [0, 0.05) is 11.8 Å². The molecule has 1 aromatic carbocycles. The van der Waals surface area contributed by atoms with Crippen LogP contribution < -0.4 is 0 Å². The van der Waals surface area contributed by atoms with Crippen molar-refractivity contribution in [2.24, 2.45) is 0 Å². The smallest absolute Gasteiger partial charge is 0.197 e. The predicted molar refractivity (Wildman–Crippen MR) is 64.2 cm³/mol. The van der Waals surface area contributed by atoms with E-state index in [1.165, 1.54) is 23.9 Å². The molecule has 0 aliphatic rings. The number of hydrogen-bond acceptors (Lipinski definition) is 4. The van der Waals surface area contributed by atoms with Crippen LogP contribution in [0.2, 0.25) is 5.02 Å². The number of nitrogens with zero attached hydrogens (tertiary/aromatic N) is 3. The Morgan fingerprint density at radius 1 is 1.39 bits per heavy atom. The molecule has 0 atom stereocenters. The molecule has 2 rings (SSSR count). The minimum atomic E-state index is -3.44. The third-order valence-electron chi connectivity index (χ3n) is 2.41. The first-order valence-corrected chi connectivity index (χ1v) is 7.15. The first-order chi connectivity index (χ1) is 8.30. The Bertz CT molecular complexity index is 712. The molecule has 96 valence electrons. The third kappa shape index (κ3) is 2.23. The van der Waals surface area contributed by atoms with Gasteiger partial charge in [-0.25, -0.2) is 17.5 Å². The maximum atomic E-state index is 13.6. The monoisotopic (exact) mass is 289 g/mol. The van der Waals surface area contributed by atoms with Crippen LogP contribution in [0.4, 0.5) is 4.39 Å². The van der Waals surface area contributed by atoms with Crippen LogP contribution in [0.1, 0.15) is 5.56 Å². The Labute approximate surface area is 108 Å². The zero-order valence-electron chi connectivity index (χ0n) is 9.55. The molecule has 0 fully saturated rings. The molecule has 18 heavy (non-hydrogen) atoms. The van der Waals surface area contributed by atoms with Gasteiger partial charge in [0.1, 0.15) is 5.82 Å².